The second-order valence-electron chi connectivity index (χ2n) is 7.55. The summed E-state index contributed by atoms with van der Waals surface area (Å²) >= 11 is 1.24. The molecule has 2 atom stereocenters. The van der Waals surface area contributed by atoms with Gasteiger partial charge in [-0.15, -0.1) is 5.10 Å². The number of thioether (sulfide) groups is 1. The number of anilines is 1. The van der Waals surface area contributed by atoms with E-state index in [2.05, 4.69) is 34.3 Å². The van der Waals surface area contributed by atoms with Crippen molar-refractivity contribution in [1.82, 2.24) is 19.5 Å². The maximum absolute atomic E-state index is 12.9. The molecule has 8 nitrogen and oxygen atoms in total. The first-order valence-corrected chi connectivity index (χ1v) is 12.1. The predicted octanol–water partition coefficient (Wildman–Crippen LogP) is 2.76. The van der Waals surface area contributed by atoms with Crippen molar-refractivity contribution in [2.75, 3.05) is 24.2 Å². The summed E-state index contributed by atoms with van der Waals surface area (Å²) < 4.78 is 27.4. The van der Waals surface area contributed by atoms with Gasteiger partial charge in [-0.2, -0.15) is 4.31 Å². The van der Waals surface area contributed by atoms with Crippen molar-refractivity contribution in [1.29, 1.82) is 0 Å². The molecule has 1 aromatic heterocycles. The van der Waals surface area contributed by atoms with Gasteiger partial charge in [-0.1, -0.05) is 32.5 Å². The molecule has 1 amide bonds. The minimum atomic E-state index is -3.52. The Morgan fingerprint density at radius 2 is 1.90 bits per heavy atom. The highest BCUT2D eigenvalue weighted by Crippen LogP contribution is 2.27. The Kier molecular flexibility index (Phi) is 6.97. The third-order valence-corrected chi connectivity index (χ3v) is 7.48. The zero-order valence-electron chi connectivity index (χ0n) is 16.9. The lowest BCUT2D eigenvalue weighted by atomic mass is 9.94. The maximum atomic E-state index is 12.9. The molecule has 10 heteroatoms. The Morgan fingerprint density at radius 3 is 2.48 bits per heavy atom. The molecule has 1 aliphatic heterocycles. The molecule has 0 saturated carbocycles. The number of piperidine rings is 1. The standard InChI is InChI=1S/C19H27N5O3S2/c1-4-17-21-19(23-22-17)28-12-18(25)20-15-5-7-16(8-6-15)29(26,27)24-10-13(2)9-14(3)11-24/h5-8,13-14H,4,9-12H2,1-3H3,(H,20,25)(H,21,22,23). The number of carbonyl (C=O) groups is 1. The highest BCUT2D eigenvalue weighted by molar-refractivity contribution is 7.99. The quantitative estimate of drug-likeness (QED) is 0.645. The van der Waals surface area contributed by atoms with Crippen LogP contribution in [0.5, 0.6) is 0 Å². The molecule has 2 unspecified atom stereocenters. The van der Waals surface area contributed by atoms with E-state index in [0.29, 0.717) is 35.8 Å². The second kappa shape index (κ2) is 9.27. The van der Waals surface area contributed by atoms with E-state index >= 15 is 0 Å². The van der Waals surface area contributed by atoms with Gasteiger partial charge in [0.2, 0.25) is 21.1 Å². The Bertz CT molecular complexity index is 933. The van der Waals surface area contributed by atoms with Crippen molar-refractivity contribution in [3.8, 4) is 0 Å². The number of aromatic nitrogens is 3. The van der Waals surface area contributed by atoms with Gasteiger partial charge < -0.3 is 5.32 Å². The van der Waals surface area contributed by atoms with Crippen molar-refractivity contribution < 1.29 is 13.2 Å². The van der Waals surface area contributed by atoms with Crippen LogP contribution in [0.1, 0.15) is 33.0 Å². The van der Waals surface area contributed by atoms with Gasteiger partial charge in [0.15, 0.2) is 0 Å². The average Bonchev–Trinajstić information content (AvgIpc) is 3.14. The summed E-state index contributed by atoms with van der Waals surface area (Å²) in [6.07, 6.45) is 1.80. The SMILES string of the molecule is CCc1nc(SCC(=O)Nc2ccc(S(=O)(=O)N3CC(C)CC(C)C3)cc2)n[nH]1. The zero-order valence-corrected chi connectivity index (χ0v) is 18.5. The van der Waals surface area contributed by atoms with E-state index in [1.54, 1.807) is 28.6 Å². The summed E-state index contributed by atoms with van der Waals surface area (Å²) in [5, 5.41) is 10.1. The van der Waals surface area contributed by atoms with Crippen molar-refractivity contribution >= 4 is 33.4 Å². The maximum Gasteiger partial charge on any atom is 0.243 e. The van der Waals surface area contributed by atoms with Crippen LogP contribution < -0.4 is 5.32 Å². The predicted molar refractivity (Wildman–Crippen MR) is 113 cm³/mol. The average molecular weight is 438 g/mol. The highest BCUT2D eigenvalue weighted by atomic mass is 32.2. The van der Waals surface area contributed by atoms with Crippen LogP contribution in [0.4, 0.5) is 5.69 Å². The molecule has 0 radical (unpaired) electrons. The number of amides is 1. The first kappa shape index (κ1) is 21.8. The Morgan fingerprint density at radius 1 is 1.24 bits per heavy atom. The molecule has 2 heterocycles. The van der Waals surface area contributed by atoms with Crippen molar-refractivity contribution in [2.24, 2.45) is 11.8 Å². The molecule has 1 aliphatic rings. The van der Waals surface area contributed by atoms with E-state index in [0.717, 1.165) is 18.7 Å². The number of benzene rings is 1. The number of nitrogens with zero attached hydrogens (tertiary/aromatic N) is 3. The van der Waals surface area contributed by atoms with Crippen molar-refractivity contribution in [2.45, 2.75) is 43.7 Å². The minimum absolute atomic E-state index is 0.171. The van der Waals surface area contributed by atoms with E-state index in [9.17, 15) is 13.2 Å². The van der Waals surface area contributed by atoms with Gasteiger partial charge >= 0.3 is 0 Å². The molecule has 29 heavy (non-hydrogen) atoms. The van der Waals surface area contributed by atoms with Crippen LogP contribution >= 0.6 is 11.8 Å². The summed E-state index contributed by atoms with van der Waals surface area (Å²) in [4.78, 5) is 16.6. The van der Waals surface area contributed by atoms with Crippen LogP contribution in [0.25, 0.3) is 0 Å². The van der Waals surface area contributed by atoms with E-state index in [-0.39, 0.29) is 16.6 Å². The van der Waals surface area contributed by atoms with Crippen molar-refractivity contribution in [3.63, 3.8) is 0 Å². The summed E-state index contributed by atoms with van der Waals surface area (Å²) in [6.45, 7) is 7.22. The molecule has 0 bridgehead atoms. The summed E-state index contributed by atoms with van der Waals surface area (Å²) in [7, 11) is -3.52. The third-order valence-electron chi connectivity index (χ3n) is 4.79. The van der Waals surface area contributed by atoms with Crippen LogP contribution in [0.2, 0.25) is 0 Å². The van der Waals surface area contributed by atoms with E-state index in [4.69, 9.17) is 0 Å². The van der Waals surface area contributed by atoms with Gasteiger partial charge in [0.1, 0.15) is 5.82 Å². The number of aromatic amines is 1. The van der Waals surface area contributed by atoms with Gasteiger partial charge in [0.05, 0.1) is 10.6 Å². The number of sulfonamides is 1. The molecular formula is C19H27N5O3S2. The fourth-order valence-corrected chi connectivity index (χ4v) is 5.79. The minimum Gasteiger partial charge on any atom is -0.325 e. The fraction of sp³-hybridized carbons (Fsp3) is 0.526. The second-order valence-corrected chi connectivity index (χ2v) is 10.4. The zero-order chi connectivity index (χ0) is 21.0. The monoisotopic (exact) mass is 437 g/mol. The molecule has 3 rings (SSSR count). The number of hydrogen-bond donors (Lipinski definition) is 2. The molecule has 2 N–H and O–H groups in total. The van der Waals surface area contributed by atoms with E-state index in [1.807, 2.05) is 6.92 Å². The first-order chi connectivity index (χ1) is 13.8. The summed E-state index contributed by atoms with van der Waals surface area (Å²) in [5.74, 6) is 1.45. The highest BCUT2D eigenvalue weighted by Gasteiger charge is 2.31. The molecule has 1 fully saturated rings. The number of carbonyl (C=O) groups excluding carboxylic acids is 1. The lowest BCUT2D eigenvalue weighted by Crippen LogP contribution is -2.42. The third kappa shape index (κ3) is 5.58. The fourth-order valence-electron chi connectivity index (χ4n) is 3.49. The Balaban J connectivity index is 1.58. The molecule has 0 spiro atoms. The molecule has 158 valence electrons. The molecular weight excluding hydrogens is 410 g/mol. The van der Waals surface area contributed by atoms with Gasteiger partial charge in [-0.25, -0.2) is 13.4 Å². The van der Waals surface area contributed by atoms with Crippen LogP contribution in [0, 0.1) is 11.8 Å². The number of hydrogen-bond acceptors (Lipinski definition) is 6. The van der Waals surface area contributed by atoms with Gasteiger partial charge in [0, 0.05) is 25.2 Å². The number of aryl methyl sites for hydroxylation is 1. The van der Waals surface area contributed by atoms with Crippen LogP contribution in [0.3, 0.4) is 0 Å². The van der Waals surface area contributed by atoms with Crippen LogP contribution in [0.15, 0.2) is 34.3 Å². The van der Waals surface area contributed by atoms with Gasteiger partial charge in [-0.05, 0) is 42.5 Å². The molecule has 2 aromatic rings. The van der Waals surface area contributed by atoms with Gasteiger partial charge in [0.25, 0.3) is 0 Å². The van der Waals surface area contributed by atoms with E-state index < -0.39 is 10.0 Å². The normalized spacial score (nSPS) is 20.5. The lowest BCUT2D eigenvalue weighted by Gasteiger charge is -2.34. The number of rotatable bonds is 7. The molecule has 1 aromatic carbocycles. The number of nitrogens with one attached hydrogen (secondary N) is 2. The van der Waals surface area contributed by atoms with Crippen molar-refractivity contribution in [3.05, 3.63) is 30.1 Å². The summed E-state index contributed by atoms with van der Waals surface area (Å²) in [5.41, 5.74) is 0.555. The smallest absolute Gasteiger partial charge is 0.243 e. The lowest BCUT2D eigenvalue weighted by molar-refractivity contribution is -0.113. The Labute approximate surface area is 175 Å². The summed E-state index contributed by atoms with van der Waals surface area (Å²) in [6, 6.07) is 6.33. The largest absolute Gasteiger partial charge is 0.325 e. The van der Waals surface area contributed by atoms with Crippen LogP contribution in [-0.4, -0.2) is 52.7 Å². The first-order valence-electron chi connectivity index (χ1n) is 9.72. The Hall–Kier alpha value is -1.91. The van der Waals surface area contributed by atoms with Gasteiger partial charge in [-0.3, -0.25) is 9.89 Å². The van der Waals surface area contributed by atoms with Crippen LogP contribution in [-0.2, 0) is 21.2 Å². The molecule has 1 saturated heterocycles. The molecule has 0 aliphatic carbocycles. The van der Waals surface area contributed by atoms with E-state index in [1.165, 1.54) is 11.8 Å². The number of H-pyrrole nitrogens is 1. The topological polar surface area (TPSA) is 108 Å².